The van der Waals surface area contributed by atoms with Gasteiger partial charge in [0.1, 0.15) is 11.0 Å². The van der Waals surface area contributed by atoms with E-state index in [9.17, 15) is 9.59 Å². The summed E-state index contributed by atoms with van der Waals surface area (Å²) in [5, 5.41) is 7.86. The second kappa shape index (κ2) is 7.12. The number of hydrogen-bond acceptors (Lipinski definition) is 7. The van der Waals surface area contributed by atoms with E-state index in [1.165, 1.54) is 18.4 Å². The van der Waals surface area contributed by atoms with Crippen LogP contribution < -0.4 is 0 Å². The molecule has 0 aliphatic heterocycles. The van der Waals surface area contributed by atoms with E-state index in [0.29, 0.717) is 4.88 Å². The van der Waals surface area contributed by atoms with Crippen molar-refractivity contribution >= 4 is 23.3 Å². The first-order chi connectivity index (χ1) is 11.6. The summed E-state index contributed by atoms with van der Waals surface area (Å²) in [5.41, 5.74) is 0.155. The van der Waals surface area contributed by atoms with Gasteiger partial charge in [0.05, 0.1) is 19.3 Å². The quantitative estimate of drug-likeness (QED) is 0.789. The van der Waals surface area contributed by atoms with Crippen molar-refractivity contribution < 1.29 is 19.1 Å². The predicted octanol–water partition coefficient (Wildman–Crippen LogP) is 2.78. The van der Waals surface area contributed by atoms with Gasteiger partial charge in [0.15, 0.2) is 5.69 Å². The third kappa shape index (κ3) is 3.48. The Hall–Kier alpha value is -2.22. The molecule has 2 unspecified atom stereocenters. The fourth-order valence-corrected chi connectivity index (χ4v) is 3.64. The summed E-state index contributed by atoms with van der Waals surface area (Å²) in [6.45, 7) is 1.95. The van der Waals surface area contributed by atoms with Crippen LogP contribution in [0.15, 0.2) is 18.3 Å². The highest BCUT2D eigenvalue weighted by Gasteiger charge is 2.32. The summed E-state index contributed by atoms with van der Waals surface area (Å²) >= 11 is 1.42. The lowest BCUT2D eigenvalue weighted by molar-refractivity contribution is 0.00223. The molecule has 0 amide bonds. The van der Waals surface area contributed by atoms with Crippen molar-refractivity contribution in [2.45, 2.75) is 44.8 Å². The average molecular weight is 349 g/mol. The molecule has 7 nitrogen and oxygen atoms in total. The maximum Gasteiger partial charge on any atom is 0.360 e. The predicted molar refractivity (Wildman–Crippen MR) is 87.1 cm³/mol. The van der Waals surface area contributed by atoms with Crippen molar-refractivity contribution in [1.29, 1.82) is 0 Å². The molecule has 2 aromatic rings. The van der Waals surface area contributed by atoms with E-state index < -0.39 is 5.97 Å². The van der Waals surface area contributed by atoms with Crippen LogP contribution in [0.4, 0.5) is 0 Å². The van der Waals surface area contributed by atoms with Gasteiger partial charge in [-0.3, -0.25) is 0 Å². The molecule has 1 saturated carbocycles. The molecule has 0 spiro atoms. The van der Waals surface area contributed by atoms with Crippen LogP contribution >= 0.6 is 11.3 Å². The maximum atomic E-state index is 12.3. The summed E-state index contributed by atoms with van der Waals surface area (Å²) < 4.78 is 12.0. The molecular weight excluding hydrogens is 330 g/mol. The Labute approximate surface area is 143 Å². The van der Waals surface area contributed by atoms with Crippen molar-refractivity contribution in [3.05, 3.63) is 33.8 Å². The smallest absolute Gasteiger partial charge is 0.360 e. The number of esters is 2. The normalized spacial score (nSPS) is 20.6. The molecule has 1 aliphatic carbocycles. The van der Waals surface area contributed by atoms with E-state index >= 15 is 0 Å². The monoisotopic (exact) mass is 349 g/mol. The summed E-state index contributed by atoms with van der Waals surface area (Å²) in [6.07, 6.45) is 4.89. The first-order valence-electron chi connectivity index (χ1n) is 7.86. The topological polar surface area (TPSA) is 83.3 Å². The second-order valence-corrected chi connectivity index (χ2v) is 7.07. The summed E-state index contributed by atoms with van der Waals surface area (Å²) in [5.74, 6) is -0.835. The minimum absolute atomic E-state index is 0.116. The first-order valence-corrected chi connectivity index (χ1v) is 8.67. The fourth-order valence-electron chi connectivity index (χ4n) is 2.89. The molecule has 1 fully saturated rings. The molecule has 2 heterocycles. The molecule has 24 heavy (non-hydrogen) atoms. The number of carbonyl (C=O) groups excluding carboxylic acids is 2. The zero-order valence-electron chi connectivity index (χ0n) is 13.6. The Morgan fingerprint density at radius 2 is 2.04 bits per heavy atom. The van der Waals surface area contributed by atoms with Gasteiger partial charge in [-0.15, -0.1) is 16.4 Å². The standard InChI is InChI=1S/C16H19N3O4S/c1-10-7-8-14(24-10)16(21)23-13-6-4-3-5-12(13)19-9-11(17-18-19)15(20)22-2/h7-9,12-13H,3-6H2,1-2H3. The highest BCUT2D eigenvalue weighted by Crippen LogP contribution is 2.31. The van der Waals surface area contributed by atoms with Crippen LogP contribution in [0.5, 0.6) is 0 Å². The van der Waals surface area contributed by atoms with Crippen LogP contribution in [0.25, 0.3) is 0 Å². The van der Waals surface area contributed by atoms with Crippen molar-refractivity contribution in [2.75, 3.05) is 7.11 Å². The molecule has 0 aromatic carbocycles. The number of ether oxygens (including phenoxy) is 2. The number of methoxy groups -OCH3 is 1. The van der Waals surface area contributed by atoms with E-state index in [0.717, 1.165) is 30.6 Å². The highest BCUT2D eigenvalue weighted by atomic mass is 32.1. The molecule has 3 rings (SSSR count). The van der Waals surface area contributed by atoms with Gasteiger partial charge in [0.25, 0.3) is 0 Å². The van der Waals surface area contributed by atoms with Crippen LogP contribution in [0, 0.1) is 6.92 Å². The number of aryl methyl sites for hydroxylation is 1. The van der Waals surface area contributed by atoms with Crippen LogP contribution in [-0.2, 0) is 9.47 Å². The summed E-state index contributed by atoms with van der Waals surface area (Å²) in [4.78, 5) is 25.5. The van der Waals surface area contributed by atoms with Gasteiger partial charge < -0.3 is 9.47 Å². The second-order valence-electron chi connectivity index (χ2n) is 5.78. The molecular formula is C16H19N3O4S. The van der Waals surface area contributed by atoms with E-state index in [4.69, 9.17) is 4.74 Å². The van der Waals surface area contributed by atoms with E-state index in [1.807, 2.05) is 13.0 Å². The Morgan fingerprint density at radius 3 is 2.75 bits per heavy atom. The molecule has 8 heteroatoms. The van der Waals surface area contributed by atoms with Crippen LogP contribution in [0.2, 0.25) is 0 Å². The molecule has 0 bridgehead atoms. The lowest BCUT2D eigenvalue weighted by atomic mass is 9.92. The van der Waals surface area contributed by atoms with E-state index in [-0.39, 0.29) is 23.8 Å². The molecule has 0 saturated heterocycles. The number of nitrogens with zero attached hydrogens (tertiary/aromatic N) is 3. The Morgan fingerprint density at radius 1 is 1.25 bits per heavy atom. The minimum atomic E-state index is -0.528. The van der Waals surface area contributed by atoms with Crippen molar-refractivity contribution in [3.8, 4) is 0 Å². The molecule has 0 radical (unpaired) electrons. The molecule has 0 N–H and O–H groups in total. The zero-order chi connectivity index (χ0) is 17.1. The highest BCUT2D eigenvalue weighted by molar-refractivity contribution is 7.13. The van der Waals surface area contributed by atoms with Crippen molar-refractivity contribution in [3.63, 3.8) is 0 Å². The summed E-state index contributed by atoms with van der Waals surface area (Å²) in [6, 6.07) is 3.57. The third-order valence-corrected chi connectivity index (χ3v) is 5.09. The number of thiophene rings is 1. The van der Waals surface area contributed by atoms with Crippen LogP contribution in [0.1, 0.15) is 56.8 Å². The molecule has 2 aromatic heterocycles. The number of hydrogen-bond donors (Lipinski definition) is 0. The molecule has 1 aliphatic rings. The van der Waals surface area contributed by atoms with Gasteiger partial charge in [-0.25, -0.2) is 14.3 Å². The molecule has 2 atom stereocenters. The molecule has 128 valence electrons. The lowest BCUT2D eigenvalue weighted by Gasteiger charge is -2.30. The number of carbonyl (C=O) groups is 2. The van der Waals surface area contributed by atoms with E-state index in [1.54, 1.807) is 16.9 Å². The van der Waals surface area contributed by atoms with Gasteiger partial charge in [0.2, 0.25) is 0 Å². The van der Waals surface area contributed by atoms with Crippen molar-refractivity contribution in [2.24, 2.45) is 0 Å². The largest absolute Gasteiger partial charge is 0.464 e. The van der Waals surface area contributed by atoms with Gasteiger partial charge in [-0.05, 0) is 38.3 Å². The van der Waals surface area contributed by atoms with Gasteiger partial charge in [-0.1, -0.05) is 11.6 Å². The number of rotatable bonds is 4. The first kappa shape index (κ1) is 16.6. The van der Waals surface area contributed by atoms with Gasteiger partial charge >= 0.3 is 11.9 Å². The fraction of sp³-hybridized carbons (Fsp3) is 0.500. The lowest BCUT2D eigenvalue weighted by Crippen LogP contribution is -2.32. The Bertz CT molecular complexity index is 739. The minimum Gasteiger partial charge on any atom is -0.464 e. The Balaban J connectivity index is 1.74. The van der Waals surface area contributed by atoms with Crippen LogP contribution in [-0.4, -0.2) is 40.1 Å². The SMILES string of the molecule is COC(=O)c1cn(C2CCCCC2OC(=O)c2ccc(C)s2)nn1. The van der Waals surface area contributed by atoms with Gasteiger partial charge in [0, 0.05) is 4.88 Å². The summed E-state index contributed by atoms with van der Waals surface area (Å²) in [7, 11) is 1.30. The zero-order valence-corrected chi connectivity index (χ0v) is 14.4. The van der Waals surface area contributed by atoms with Gasteiger partial charge in [-0.2, -0.15) is 0 Å². The maximum absolute atomic E-state index is 12.3. The van der Waals surface area contributed by atoms with E-state index in [2.05, 4.69) is 15.0 Å². The van der Waals surface area contributed by atoms with Crippen LogP contribution in [0.3, 0.4) is 0 Å². The Kier molecular flexibility index (Phi) is 4.94. The third-order valence-electron chi connectivity index (χ3n) is 4.11. The number of aromatic nitrogens is 3. The van der Waals surface area contributed by atoms with Crippen molar-refractivity contribution in [1.82, 2.24) is 15.0 Å². The average Bonchev–Trinajstić information content (AvgIpc) is 3.24.